The quantitative estimate of drug-likeness (QED) is 0.894. The monoisotopic (exact) mass is 324 g/mol. The predicted molar refractivity (Wildman–Crippen MR) is 85.2 cm³/mol. The smallest absolute Gasteiger partial charge is 0.240 e. The lowest BCUT2D eigenvalue weighted by Crippen LogP contribution is -2.48. The molecular formula is C16H24N2O3S. The van der Waals surface area contributed by atoms with Gasteiger partial charge in [-0.3, -0.25) is 4.90 Å². The molecule has 0 bridgehead atoms. The standard InChI is InChI=1S/C16H24N2O3S/c1-21-13-10-11-18(12-13)16-9-5-8-15(16)17-22(19,20)14-6-3-2-4-7-14/h2-4,6-7,13,15-17H,5,8-12H2,1H3/t13?,15-,16+/m1/s1. The molecule has 6 heteroatoms. The number of hydrogen-bond donors (Lipinski definition) is 1. The van der Waals surface area contributed by atoms with Crippen LogP contribution >= 0.6 is 0 Å². The van der Waals surface area contributed by atoms with E-state index in [2.05, 4.69) is 9.62 Å². The molecule has 1 aromatic carbocycles. The fourth-order valence-electron chi connectivity index (χ4n) is 3.63. The van der Waals surface area contributed by atoms with Gasteiger partial charge in [0.25, 0.3) is 0 Å². The van der Waals surface area contributed by atoms with Crippen molar-refractivity contribution in [2.24, 2.45) is 0 Å². The Morgan fingerprint density at radius 2 is 1.95 bits per heavy atom. The first-order valence-corrected chi connectivity index (χ1v) is 9.43. The van der Waals surface area contributed by atoms with Crippen LogP contribution in [-0.2, 0) is 14.8 Å². The molecule has 1 aliphatic carbocycles. The summed E-state index contributed by atoms with van der Waals surface area (Å²) in [6, 6.07) is 8.91. The first kappa shape index (κ1) is 15.9. The van der Waals surface area contributed by atoms with Crippen molar-refractivity contribution in [2.45, 2.75) is 48.8 Å². The van der Waals surface area contributed by atoms with Crippen molar-refractivity contribution in [3.05, 3.63) is 30.3 Å². The van der Waals surface area contributed by atoms with Gasteiger partial charge < -0.3 is 4.74 Å². The minimum absolute atomic E-state index is 0.000752. The zero-order valence-corrected chi connectivity index (χ0v) is 13.8. The summed E-state index contributed by atoms with van der Waals surface area (Å²) >= 11 is 0. The average Bonchev–Trinajstić information content (AvgIpc) is 3.16. The van der Waals surface area contributed by atoms with E-state index in [1.54, 1.807) is 31.4 Å². The van der Waals surface area contributed by atoms with Gasteiger partial charge in [0.2, 0.25) is 10.0 Å². The number of methoxy groups -OCH3 is 1. The van der Waals surface area contributed by atoms with E-state index in [0.717, 1.165) is 38.8 Å². The van der Waals surface area contributed by atoms with Crippen LogP contribution in [0.15, 0.2) is 35.2 Å². The SMILES string of the molecule is COC1CCN([C@H]2CCC[C@H]2NS(=O)(=O)c2ccccc2)C1. The Morgan fingerprint density at radius 3 is 2.64 bits per heavy atom. The van der Waals surface area contributed by atoms with Crippen LogP contribution in [0.2, 0.25) is 0 Å². The molecule has 122 valence electrons. The highest BCUT2D eigenvalue weighted by atomic mass is 32.2. The first-order valence-electron chi connectivity index (χ1n) is 7.94. The third-order valence-electron chi connectivity index (χ3n) is 4.82. The molecule has 0 radical (unpaired) electrons. The highest BCUT2D eigenvalue weighted by Crippen LogP contribution is 2.29. The van der Waals surface area contributed by atoms with Crippen LogP contribution in [0.1, 0.15) is 25.7 Å². The van der Waals surface area contributed by atoms with E-state index in [-0.39, 0.29) is 12.1 Å². The van der Waals surface area contributed by atoms with Gasteiger partial charge in [0.1, 0.15) is 0 Å². The van der Waals surface area contributed by atoms with Crippen LogP contribution in [0.25, 0.3) is 0 Å². The maximum Gasteiger partial charge on any atom is 0.240 e. The minimum atomic E-state index is -3.43. The van der Waals surface area contributed by atoms with Gasteiger partial charge in [0.05, 0.1) is 11.0 Å². The lowest BCUT2D eigenvalue weighted by molar-refractivity contribution is 0.0991. The molecule has 0 aromatic heterocycles. The van der Waals surface area contributed by atoms with Gasteiger partial charge in [-0.2, -0.15) is 0 Å². The number of ether oxygens (including phenoxy) is 1. The molecule has 1 heterocycles. The van der Waals surface area contributed by atoms with E-state index in [1.165, 1.54) is 0 Å². The Labute approximate surface area is 132 Å². The normalized spacial score (nSPS) is 30.0. The molecule has 2 aliphatic rings. The first-order chi connectivity index (χ1) is 10.6. The number of rotatable bonds is 5. The molecule has 1 aromatic rings. The zero-order chi connectivity index (χ0) is 15.6. The number of benzene rings is 1. The second-order valence-corrected chi connectivity index (χ2v) is 7.89. The lowest BCUT2D eigenvalue weighted by Gasteiger charge is -2.29. The Hall–Kier alpha value is -0.950. The molecule has 1 unspecified atom stereocenters. The van der Waals surface area contributed by atoms with E-state index >= 15 is 0 Å². The number of hydrogen-bond acceptors (Lipinski definition) is 4. The van der Waals surface area contributed by atoms with Crippen molar-refractivity contribution < 1.29 is 13.2 Å². The number of likely N-dealkylation sites (tertiary alicyclic amines) is 1. The molecule has 0 amide bonds. The molecule has 3 atom stereocenters. The summed E-state index contributed by atoms with van der Waals surface area (Å²) in [5.74, 6) is 0. The summed E-state index contributed by atoms with van der Waals surface area (Å²) in [4.78, 5) is 2.73. The van der Waals surface area contributed by atoms with Gasteiger partial charge in [0.15, 0.2) is 0 Å². The average molecular weight is 324 g/mol. The molecule has 1 saturated heterocycles. The van der Waals surface area contributed by atoms with Gasteiger partial charge in [-0.05, 0) is 31.4 Å². The van der Waals surface area contributed by atoms with E-state index < -0.39 is 10.0 Å². The van der Waals surface area contributed by atoms with Crippen LogP contribution in [0.5, 0.6) is 0 Å². The fraction of sp³-hybridized carbons (Fsp3) is 0.625. The zero-order valence-electron chi connectivity index (χ0n) is 12.9. The van der Waals surface area contributed by atoms with Crippen molar-refractivity contribution >= 4 is 10.0 Å². The number of nitrogens with one attached hydrogen (secondary N) is 1. The summed E-state index contributed by atoms with van der Waals surface area (Å²) < 4.78 is 33.4. The summed E-state index contributed by atoms with van der Waals surface area (Å²) in [6.45, 7) is 1.90. The van der Waals surface area contributed by atoms with Gasteiger partial charge in [-0.15, -0.1) is 0 Å². The van der Waals surface area contributed by atoms with Gasteiger partial charge in [-0.1, -0.05) is 24.6 Å². The largest absolute Gasteiger partial charge is 0.380 e. The van der Waals surface area contributed by atoms with Crippen LogP contribution in [0, 0.1) is 0 Å². The number of sulfonamides is 1. The van der Waals surface area contributed by atoms with Crippen molar-refractivity contribution in [1.29, 1.82) is 0 Å². The summed E-state index contributed by atoms with van der Waals surface area (Å²) in [5.41, 5.74) is 0. The molecule has 2 fully saturated rings. The highest BCUT2D eigenvalue weighted by molar-refractivity contribution is 7.89. The van der Waals surface area contributed by atoms with Crippen molar-refractivity contribution in [3.8, 4) is 0 Å². The number of nitrogens with zero attached hydrogens (tertiary/aromatic N) is 1. The summed E-state index contributed by atoms with van der Waals surface area (Å²) in [7, 11) is -1.68. The Morgan fingerprint density at radius 1 is 1.18 bits per heavy atom. The van der Waals surface area contributed by atoms with Crippen LogP contribution < -0.4 is 4.72 Å². The van der Waals surface area contributed by atoms with Gasteiger partial charge >= 0.3 is 0 Å². The summed E-state index contributed by atoms with van der Waals surface area (Å²) in [5, 5.41) is 0. The molecule has 1 aliphatic heterocycles. The van der Waals surface area contributed by atoms with Crippen molar-refractivity contribution in [2.75, 3.05) is 20.2 Å². The second kappa shape index (κ2) is 6.66. The molecular weight excluding hydrogens is 300 g/mol. The van der Waals surface area contributed by atoms with Gasteiger partial charge in [-0.25, -0.2) is 13.1 Å². The lowest BCUT2D eigenvalue weighted by atomic mass is 10.1. The Kier molecular flexibility index (Phi) is 4.82. The van der Waals surface area contributed by atoms with E-state index in [1.807, 2.05) is 6.07 Å². The maximum absolute atomic E-state index is 12.5. The summed E-state index contributed by atoms with van der Waals surface area (Å²) in [6.07, 6.45) is 4.35. The van der Waals surface area contributed by atoms with E-state index in [9.17, 15) is 8.42 Å². The molecule has 0 spiro atoms. The van der Waals surface area contributed by atoms with Crippen LogP contribution in [0.4, 0.5) is 0 Å². The highest BCUT2D eigenvalue weighted by Gasteiger charge is 2.38. The Bertz CT molecular complexity index is 591. The van der Waals surface area contributed by atoms with E-state index in [0.29, 0.717) is 10.9 Å². The minimum Gasteiger partial charge on any atom is -0.380 e. The second-order valence-electron chi connectivity index (χ2n) is 6.18. The Balaban J connectivity index is 1.69. The molecule has 1 N–H and O–H groups in total. The molecule has 3 rings (SSSR count). The molecule has 22 heavy (non-hydrogen) atoms. The third-order valence-corrected chi connectivity index (χ3v) is 6.32. The topological polar surface area (TPSA) is 58.6 Å². The van der Waals surface area contributed by atoms with Crippen molar-refractivity contribution in [1.82, 2.24) is 9.62 Å². The van der Waals surface area contributed by atoms with Gasteiger partial charge in [0, 0.05) is 32.3 Å². The predicted octanol–water partition coefficient (Wildman–Crippen LogP) is 1.61. The van der Waals surface area contributed by atoms with E-state index in [4.69, 9.17) is 4.74 Å². The molecule has 1 saturated carbocycles. The van der Waals surface area contributed by atoms with Crippen molar-refractivity contribution in [3.63, 3.8) is 0 Å². The van der Waals surface area contributed by atoms with Crippen LogP contribution in [-0.4, -0.2) is 51.7 Å². The molecule has 5 nitrogen and oxygen atoms in total. The van der Waals surface area contributed by atoms with Crippen LogP contribution in [0.3, 0.4) is 0 Å². The third kappa shape index (κ3) is 3.35. The maximum atomic E-state index is 12.5. The fourth-order valence-corrected chi connectivity index (χ4v) is 4.95.